The van der Waals surface area contributed by atoms with Crippen molar-refractivity contribution in [2.45, 2.75) is 0 Å². The van der Waals surface area contributed by atoms with Gasteiger partial charge >= 0.3 is 0 Å². The van der Waals surface area contributed by atoms with Gasteiger partial charge in [-0.25, -0.2) is 13.4 Å². The molecule has 1 N–H and O–H groups in total. The molecule has 0 aromatic heterocycles. The lowest BCUT2D eigenvalue weighted by Crippen LogP contribution is -2.27. The van der Waals surface area contributed by atoms with Crippen LogP contribution in [0.4, 0.5) is 0 Å². The molecule has 0 amide bonds. The van der Waals surface area contributed by atoms with Gasteiger partial charge < -0.3 is 5.32 Å². The number of aliphatic imine (C=N–C) groups is 1. The number of rotatable bonds is 0. The van der Waals surface area contributed by atoms with Gasteiger partial charge in [-0.3, -0.25) is 0 Å². The van der Waals surface area contributed by atoms with Crippen LogP contribution in [-0.2, 0) is 9.84 Å². The summed E-state index contributed by atoms with van der Waals surface area (Å²) in [5.74, 6) is 0. The molecule has 0 spiro atoms. The van der Waals surface area contributed by atoms with Gasteiger partial charge in [-0.15, -0.1) is 0 Å². The van der Waals surface area contributed by atoms with E-state index in [4.69, 9.17) is 0 Å². The maximum atomic E-state index is 10.8. The Bertz CT molecular complexity index is 276. The maximum Gasteiger partial charge on any atom is 0.190 e. The normalized spacial score (nSPS) is 17.9. The highest BCUT2D eigenvalue weighted by Gasteiger charge is 2.12. The fraction of sp³-hybridized carbons (Fsp3) is 0.400. The van der Waals surface area contributed by atoms with Gasteiger partial charge in [0.25, 0.3) is 0 Å². The number of nitrogens with zero attached hydrogens (tertiary/aromatic N) is 1. The predicted molar refractivity (Wildman–Crippen MR) is 39.4 cm³/mol. The van der Waals surface area contributed by atoms with E-state index in [-0.39, 0.29) is 5.04 Å². The largest absolute Gasteiger partial charge is 0.383 e. The third-order valence-corrected chi connectivity index (χ3v) is 2.20. The molecule has 0 aromatic carbocycles. The van der Waals surface area contributed by atoms with Crippen molar-refractivity contribution < 1.29 is 8.42 Å². The second-order valence-corrected chi connectivity index (χ2v) is 4.01. The number of hydrogen-bond acceptors (Lipinski definition) is 4. The van der Waals surface area contributed by atoms with E-state index in [0.717, 1.165) is 6.26 Å². The van der Waals surface area contributed by atoms with Crippen LogP contribution < -0.4 is 5.32 Å². The van der Waals surface area contributed by atoms with Crippen LogP contribution in [0.5, 0.6) is 0 Å². The molecule has 0 aliphatic carbocycles. The monoisotopic (exact) mass is 160 g/mol. The van der Waals surface area contributed by atoms with Crippen molar-refractivity contribution in [1.29, 1.82) is 0 Å². The summed E-state index contributed by atoms with van der Waals surface area (Å²) in [7, 11) is -3.09. The Labute approximate surface area is 59.6 Å². The van der Waals surface area contributed by atoms with E-state index in [9.17, 15) is 8.42 Å². The van der Waals surface area contributed by atoms with E-state index in [1.807, 2.05) is 0 Å². The SMILES string of the molecule is CS(=O)(=O)C1=NC=CNC1. The Morgan fingerprint density at radius 1 is 1.70 bits per heavy atom. The lowest BCUT2D eigenvalue weighted by molar-refractivity contribution is 0.611. The summed E-state index contributed by atoms with van der Waals surface area (Å²) in [6.45, 7) is 0.301. The highest BCUT2D eigenvalue weighted by Crippen LogP contribution is 1.93. The molecule has 10 heavy (non-hydrogen) atoms. The molecule has 0 aromatic rings. The molecule has 0 fully saturated rings. The van der Waals surface area contributed by atoms with Crippen LogP contribution in [0.25, 0.3) is 0 Å². The minimum Gasteiger partial charge on any atom is -0.383 e. The molecular weight excluding hydrogens is 152 g/mol. The summed E-state index contributed by atoms with van der Waals surface area (Å²) >= 11 is 0. The van der Waals surface area contributed by atoms with Crippen LogP contribution in [0.1, 0.15) is 0 Å². The summed E-state index contributed by atoms with van der Waals surface area (Å²) in [6, 6.07) is 0. The first-order chi connectivity index (χ1) is 4.61. The lowest BCUT2D eigenvalue weighted by atomic mass is 10.6. The molecule has 1 aliphatic heterocycles. The first-order valence-electron chi connectivity index (χ1n) is 2.76. The van der Waals surface area contributed by atoms with Gasteiger partial charge in [0.1, 0.15) is 0 Å². The molecule has 0 saturated carbocycles. The molecule has 0 radical (unpaired) electrons. The van der Waals surface area contributed by atoms with E-state index >= 15 is 0 Å². The van der Waals surface area contributed by atoms with Gasteiger partial charge in [0.15, 0.2) is 14.9 Å². The first kappa shape index (κ1) is 7.27. The molecule has 1 rings (SSSR count). The van der Waals surface area contributed by atoms with Crippen LogP contribution in [0.2, 0.25) is 0 Å². The van der Waals surface area contributed by atoms with Gasteiger partial charge in [-0.05, 0) is 0 Å². The van der Waals surface area contributed by atoms with E-state index < -0.39 is 9.84 Å². The fourth-order valence-electron chi connectivity index (χ4n) is 0.592. The minimum absolute atomic E-state index is 0.190. The Morgan fingerprint density at radius 2 is 2.40 bits per heavy atom. The molecular formula is C5H8N2O2S. The minimum atomic E-state index is -3.09. The summed E-state index contributed by atoms with van der Waals surface area (Å²) in [4.78, 5) is 3.69. The number of nitrogens with one attached hydrogen (secondary N) is 1. The molecule has 0 saturated heterocycles. The van der Waals surface area contributed by atoms with Crippen LogP contribution in [0.3, 0.4) is 0 Å². The van der Waals surface area contributed by atoms with Crippen LogP contribution in [0, 0.1) is 0 Å². The predicted octanol–water partition coefficient (Wildman–Crippen LogP) is -0.496. The number of sulfone groups is 1. The smallest absolute Gasteiger partial charge is 0.190 e. The van der Waals surface area contributed by atoms with E-state index in [1.54, 1.807) is 6.20 Å². The summed E-state index contributed by atoms with van der Waals surface area (Å²) in [6.07, 6.45) is 4.18. The molecule has 56 valence electrons. The fourth-order valence-corrected chi connectivity index (χ4v) is 1.19. The summed E-state index contributed by atoms with van der Waals surface area (Å²) in [5, 5.41) is 2.94. The highest BCUT2D eigenvalue weighted by molar-refractivity contribution is 8.05. The molecule has 0 bridgehead atoms. The van der Waals surface area contributed by atoms with Gasteiger partial charge in [0.05, 0.1) is 6.54 Å². The van der Waals surface area contributed by atoms with Crippen LogP contribution >= 0.6 is 0 Å². The van der Waals surface area contributed by atoms with Gasteiger partial charge in [0.2, 0.25) is 0 Å². The van der Waals surface area contributed by atoms with Crippen molar-refractivity contribution in [2.24, 2.45) is 4.99 Å². The highest BCUT2D eigenvalue weighted by atomic mass is 32.2. The quantitative estimate of drug-likeness (QED) is 0.520. The van der Waals surface area contributed by atoms with Gasteiger partial charge in [-0.2, -0.15) is 0 Å². The Morgan fingerprint density at radius 3 is 2.70 bits per heavy atom. The average molecular weight is 160 g/mol. The third kappa shape index (κ3) is 1.57. The zero-order valence-electron chi connectivity index (χ0n) is 5.53. The molecule has 1 aliphatic rings. The van der Waals surface area contributed by atoms with Gasteiger partial charge in [0, 0.05) is 18.7 Å². The maximum absolute atomic E-state index is 10.8. The number of hydrogen-bond donors (Lipinski definition) is 1. The molecule has 1 heterocycles. The second kappa shape index (κ2) is 2.42. The van der Waals surface area contributed by atoms with Crippen molar-refractivity contribution >= 4 is 14.9 Å². The average Bonchev–Trinajstić information content (AvgIpc) is 1.88. The van der Waals surface area contributed by atoms with Crippen LogP contribution in [0.15, 0.2) is 17.4 Å². The van der Waals surface area contributed by atoms with Crippen LogP contribution in [-0.4, -0.2) is 26.3 Å². The molecule has 0 atom stereocenters. The molecule has 0 unspecified atom stereocenters. The zero-order chi connectivity index (χ0) is 7.61. The van der Waals surface area contributed by atoms with Crippen molar-refractivity contribution in [3.63, 3.8) is 0 Å². The Kier molecular flexibility index (Phi) is 1.76. The molecule has 4 nitrogen and oxygen atoms in total. The summed E-state index contributed by atoms with van der Waals surface area (Å²) in [5.41, 5.74) is 0. The Hall–Kier alpha value is -0.840. The standard InChI is InChI=1S/C5H8N2O2S/c1-10(8,9)5-4-6-2-3-7-5/h2-3,6H,4H2,1H3. The zero-order valence-corrected chi connectivity index (χ0v) is 6.35. The van der Waals surface area contributed by atoms with Gasteiger partial charge in [-0.1, -0.05) is 0 Å². The van der Waals surface area contributed by atoms with Crippen molar-refractivity contribution in [3.8, 4) is 0 Å². The van der Waals surface area contributed by atoms with E-state index in [0.29, 0.717) is 6.54 Å². The lowest BCUT2D eigenvalue weighted by Gasteiger charge is -2.05. The second-order valence-electron chi connectivity index (χ2n) is 1.99. The Balaban J connectivity index is 2.93. The van der Waals surface area contributed by atoms with Crippen molar-refractivity contribution in [3.05, 3.63) is 12.4 Å². The first-order valence-corrected chi connectivity index (χ1v) is 4.65. The topological polar surface area (TPSA) is 58.5 Å². The van der Waals surface area contributed by atoms with E-state index in [1.165, 1.54) is 6.20 Å². The third-order valence-electron chi connectivity index (χ3n) is 1.09. The molecule has 5 heteroatoms. The van der Waals surface area contributed by atoms with Crippen molar-refractivity contribution in [2.75, 3.05) is 12.8 Å². The van der Waals surface area contributed by atoms with E-state index in [2.05, 4.69) is 10.3 Å². The summed E-state index contributed by atoms with van der Waals surface area (Å²) < 4.78 is 21.6. The van der Waals surface area contributed by atoms with Crippen molar-refractivity contribution in [1.82, 2.24) is 5.32 Å².